The van der Waals surface area contributed by atoms with Crippen molar-refractivity contribution >= 4 is 40.2 Å². The lowest BCUT2D eigenvalue weighted by Gasteiger charge is -2.18. The summed E-state index contributed by atoms with van der Waals surface area (Å²) >= 11 is 1.18. The van der Waals surface area contributed by atoms with E-state index in [4.69, 9.17) is 10.5 Å². The van der Waals surface area contributed by atoms with Gasteiger partial charge in [0.25, 0.3) is 5.56 Å². The van der Waals surface area contributed by atoms with Gasteiger partial charge in [-0.25, -0.2) is 4.98 Å². The topological polar surface area (TPSA) is 116 Å². The number of rotatable bonds is 8. The molecule has 0 saturated carbocycles. The van der Waals surface area contributed by atoms with Crippen LogP contribution in [0.5, 0.6) is 0 Å². The fraction of sp³-hybridized carbons (Fsp3) is 0.238. The van der Waals surface area contributed by atoms with Crippen LogP contribution in [0.2, 0.25) is 0 Å². The van der Waals surface area contributed by atoms with Crippen molar-refractivity contribution in [1.82, 2.24) is 9.55 Å². The molecular formula is C21H22N4O4S. The Labute approximate surface area is 177 Å². The predicted octanol–water partition coefficient (Wildman–Crippen LogP) is 2.43. The molecule has 0 radical (unpaired) electrons. The molecule has 3 N–H and O–H groups in total. The second-order valence-corrected chi connectivity index (χ2v) is 7.61. The van der Waals surface area contributed by atoms with Crippen LogP contribution in [0.4, 0.5) is 5.69 Å². The van der Waals surface area contributed by atoms with Gasteiger partial charge >= 0.3 is 0 Å². The number of aromatic nitrogens is 2. The molecule has 3 aromatic rings. The summed E-state index contributed by atoms with van der Waals surface area (Å²) in [6, 6.07) is 13.2. The third-order valence-corrected chi connectivity index (χ3v) is 5.36. The summed E-state index contributed by atoms with van der Waals surface area (Å²) in [5.74, 6) is -0.740. The Balaban J connectivity index is 1.80. The molecule has 0 fully saturated rings. The van der Waals surface area contributed by atoms with Gasteiger partial charge in [0.1, 0.15) is 0 Å². The molecule has 1 atom stereocenters. The summed E-state index contributed by atoms with van der Waals surface area (Å²) in [5, 5.41) is 3.72. The van der Waals surface area contributed by atoms with Crippen molar-refractivity contribution in [2.24, 2.45) is 5.73 Å². The maximum atomic E-state index is 13.0. The van der Waals surface area contributed by atoms with Gasteiger partial charge in [0.05, 0.1) is 29.3 Å². The van der Waals surface area contributed by atoms with Crippen molar-refractivity contribution < 1.29 is 14.3 Å². The van der Waals surface area contributed by atoms with Crippen molar-refractivity contribution in [3.8, 4) is 0 Å². The number of benzene rings is 2. The first-order valence-electron chi connectivity index (χ1n) is 9.23. The smallest absolute Gasteiger partial charge is 0.262 e. The Kier molecular flexibility index (Phi) is 6.86. The first-order chi connectivity index (χ1) is 14.4. The van der Waals surface area contributed by atoms with Gasteiger partial charge in [0.15, 0.2) is 5.16 Å². The number of anilines is 1. The molecule has 0 aliphatic carbocycles. The highest BCUT2D eigenvalue weighted by Crippen LogP contribution is 2.21. The highest BCUT2D eigenvalue weighted by molar-refractivity contribution is 7.99. The number of amides is 2. The highest BCUT2D eigenvalue weighted by atomic mass is 32.2. The van der Waals surface area contributed by atoms with Gasteiger partial charge in [0, 0.05) is 18.4 Å². The van der Waals surface area contributed by atoms with E-state index in [1.54, 1.807) is 54.1 Å². The summed E-state index contributed by atoms with van der Waals surface area (Å²) in [6.07, 6.45) is 0. The van der Waals surface area contributed by atoms with Crippen LogP contribution in [0.25, 0.3) is 10.9 Å². The molecule has 9 heteroatoms. The van der Waals surface area contributed by atoms with E-state index < -0.39 is 5.91 Å². The van der Waals surface area contributed by atoms with Crippen molar-refractivity contribution in [3.05, 3.63) is 64.4 Å². The van der Waals surface area contributed by atoms with E-state index in [0.717, 1.165) is 0 Å². The largest absolute Gasteiger partial charge is 0.383 e. The maximum Gasteiger partial charge on any atom is 0.262 e. The predicted molar refractivity (Wildman–Crippen MR) is 117 cm³/mol. The molecule has 0 unspecified atom stereocenters. The Morgan fingerprint density at radius 2 is 1.90 bits per heavy atom. The van der Waals surface area contributed by atoms with Gasteiger partial charge in [0.2, 0.25) is 11.8 Å². The lowest BCUT2D eigenvalue weighted by molar-refractivity contribution is -0.113. The van der Waals surface area contributed by atoms with Crippen LogP contribution in [0.3, 0.4) is 0 Å². The average Bonchev–Trinajstić information content (AvgIpc) is 2.73. The summed E-state index contributed by atoms with van der Waals surface area (Å²) in [5.41, 5.74) is 6.53. The maximum absolute atomic E-state index is 13.0. The number of nitrogens with one attached hydrogen (secondary N) is 1. The Hall–Kier alpha value is -3.17. The highest BCUT2D eigenvalue weighted by Gasteiger charge is 2.17. The van der Waals surface area contributed by atoms with Crippen molar-refractivity contribution in [3.63, 3.8) is 0 Å². The van der Waals surface area contributed by atoms with E-state index in [9.17, 15) is 14.4 Å². The van der Waals surface area contributed by atoms with Crippen LogP contribution >= 0.6 is 11.8 Å². The third-order valence-electron chi connectivity index (χ3n) is 4.41. The van der Waals surface area contributed by atoms with E-state index in [1.165, 1.54) is 11.8 Å². The number of carbonyl (C=O) groups excluding carboxylic acids is 2. The summed E-state index contributed by atoms with van der Waals surface area (Å²) in [7, 11) is 1.57. The molecule has 0 saturated heterocycles. The fourth-order valence-electron chi connectivity index (χ4n) is 2.98. The molecular weight excluding hydrogens is 404 g/mol. The van der Waals surface area contributed by atoms with Gasteiger partial charge in [-0.3, -0.25) is 19.0 Å². The van der Waals surface area contributed by atoms with Crippen LogP contribution in [0.15, 0.2) is 58.5 Å². The number of carbonyl (C=O) groups is 2. The van der Waals surface area contributed by atoms with Gasteiger partial charge in [-0.2, -0.15) is 0 Å². The SMILES string of the molecule is COC[C@@H](C)n1c(SCC(=O)Nc2ccc(C(N)=O)cc2)nc2ccccc2c1=O. The minimum absolute atomic E-state index is 0.0576. The van der Waals surface area contributed by atoms with Crippen molar-refractivity contribution in [2.45, 2.75) is 18.1 Å². The van der Waals surface area contributed by atoms with Gasteiger partial charge in [-0.05, 0) is 43.3 Å². The number of hydrogen-bond donors (Lipinski definition) is 2. The third kappa shape index (κ3) is 4.87. The zero-order chi connectivity index (χ0) is 21.7. The molecule has 2 amide bonds. The minimum Gasteiger partial charge on any atom is -0.383 e. The van der Waals surface area contributed by atoms with E-state index in [2.05, 4.69) is 10.3 Å². The lowest BCUT2D eigenvalue weighted by atomic mass is 10.2. The van der Waals surface area contributed by atoms with Gasteiger partial charge in [-0.15, -0.1) is 0 Å². The molecule has 0 bridgehead atoms. The van der Waals surface area contributed by atoms with Crippen LogP contribution in [-0.4, -0.2) is 40.8 Å². The van der Waals surface area contributed by atoms with Crippen LogP contribution in [0, 0.1) is 0 Å². The average molecular weight is 426 g/mol. The number of methoxy groups -OCH3 is 1. The molecule has 8 nitrogen and oxygen atoms in total. The molecule has 2 aromatic carbocycles. The van der Waals surface area contributed by atoms with E-state index in [0.29, 0.717) is 33.9 Å². The van der Waals surface area contributed by atoms with Gasteiger partial charge in [-0.1, -0.05) is 23.9 Å². The molecule has 0 aliphatic heterocycles. The number of fused-ring (bicyclic) bond motifs is 1. The number of ether oxygens (including phenoxy) is 1. The minimum atomic E-state index is -0.533. The van der Waals surface area contributed by atoms with E-state index in [-0.39, 0.29) is 23.3 Å². The number of hydrogen-bond acceptors (Lipinski definition) is 6. The zero-order valence-corrected chi connectivity index (χ0v) is 17.4. The van der Waals surface area contributed by atoms with Crippen molar-refractivity contribution in [1.29, 1.82) is 0 Å². The molecule has 3 rings (SSSR count). The standard InChI is InChI=1S/C21H22N4O4S/c1-13(11-29-2)25-20(28)16-5-3-4-6-17(16)24-21(25)30-12-18(26)23-15-9-7-14(8-10-15)19(22)27/h3-10,13H,11-12H2,1-2H3,(H2,22,27)(H,23,26)/t13-/m1/s1. The van der Waals surface area contributed by atoms with Crippen LogP contribution < -0.4 is 16.6 Å². The molecule has 1 heterocycles. The normalized spacial score (nSPS) is 11.9. The van der Waals surface area contributed by atoms with Crippen molar-refractivity contribution in [2.75, 3.05) is 24.8 Å². The number of nitrogens with zero attached hydrogens (tertiary/aromatic N) is 2. The zero-order valence-electron chi connectivity index (χ0n) is 16.6. The second kappa shape index (κ2) is 9.55. The Bertz CT molecular complexity index is 1130. The summed E-state index contributed by atoms with van der Waals surface area (Å²) < 4.78 is 6.76. The van der Waals surface area contributed by atoms with Gasteiger partial charge < -0.3 is 15.8 Å². The number of thioether (sulfide) groups is 1. The molecule has 30 heavy (non-hydrogen) atoms. The number of nitrogens with two attached hydrogens (primary N) is 1. The van der Waals surface area contributed by atoms with Crippen LogP contribution in [-0.2, 0) is 9.53 Å². The quantitative estimate of drug-likeness (QED) is 0.422. The molecule has 156 valence electrons. The molecule has 0 aliphatic rings. The molecule has 0 spiro atoms. The first-order valence-corrected chi connectivity index (χ1v) is 10.2. The van der Waals surface area contributed by atoms with E-state index in [1.807, 2.05) is 13.0 Å². The van der Waals surface area contributed by atoms with E-state index >= 15 is 0 Å². The summed E-state index contributed by atoms with van der Waals surface area (Å²) in [4.78, 5) is 41.1. The summed E-state index contributed by atoms with van der Waals surface area (Å²) in [6.45, 7) is 2.21. The fourth-order valence-corrected chi connectivity index (χ4v) is 3.87. The lowest BCUT2D eigenvalue weighted by Crippen LogP contribution is -2.29. The Morgan fingerprint density at radius 3 is 2.57 bits per heavy atom. The number of primary amides is 1. The van der Waals surface area contributed by atoms with Crippen LogP contribution in [0.1, 0.15) is 23.3 Å². The number of para-hydroxylation sites is 1. The second-order valence-electron chi connectivity index (χ2n) is 6.67. The monoisotopic (exact) mass is 426 g/mol. The first kappa shape index (κ1) is 21.5. The Morgan fingerprint density at radius 1 is 1.20 bits per heavy atom. The molecule has 1 aromatic heterocycles.